The van der Waals surface area contributed by atoms with Crippen LogP contribution < -0.4 is 0 Å². The van der Waals surface area contributed by atoms with Crippen molar-refractivity contribution in [3.63, 3.8) is 0 Å². The van der Waals surface area contributed by atoms with Crippen LogP contribution in [0.5, 0.6) is 0 Å². The minimum Gasteiger partial charge on any atom is -0.325 e. The molecule has 2 aromatic carbocycles. The highest BCUT2D eigenvalue weighted by atomic mass is 32.2. The second kappa shape index (κ2) is 7.50. The van der Waals surface area contributed by atoms with Crippen molar-refractivity contribution in [2.75, 3.05) is 13.1 Å². The van der Waals surface area contributed by atoms with E-state index in [0.717, 1.165) is 41.5 Å². The first-order valence-electron chi connectivity index (χ1n) is 9.71. The van der Waals surface area contributed by atoms with Crippen LogP contribution in [0.2, 0.25) is 0 Å². The molecule has 1 fully saturated rings. The molecule has 3 aromatic rings. The Hall–Kier alpha value is -2.32. The molecule has 1 aliphatic heterocycles. The Bertz CT molecular complexity index is 1160. The van der Waals surface area contributed by atoms with Crippen LogP contribution in [0, 0.1) is 11.6 Å². The van der Waals surface area contributed by atoms with Crippen molar-refractivity contribution in [3.05, 3.63) is 59.9 Å². The number of fused-ring (bicyclic) bond motifs is 1. The van der Waals surface area contributed by atoms with Crippen LogP contribution in [0.15, 0.2) is 47.4 Å². The molecule has 4 rings (SSSR count). The molecule has 0 bridgehead atoms. The summed E-state index contributed by atoms with van der Waals surface area (Å²) in [5.41, 5.74) is 1.91. The van der Waals surface area contributed by atoms with E-state index in [1.54, 1.807) is 0 Å². The molecule has 0 N–H and O–H groups in total. The van der Waals surface area contributed by atoms with Gasteiger partial charge in [-0.2, -0.15) is 4.31 Å². The summed E-state index contributed by atoms with van der Waals surface area (Å²) in [6.45, 7) is 4.77. The number of hydrogen-bond acceptors (Lipinski definition) is 3. The average molecular weight is 419 g/mol. The molecule has 0 saturated carbocycles. The molecule has 1 aromatic heterocycles. The summed E-state index contributed by atoms with van der Waals surface area (Å²) < 4.78 is 56.4. The molecular weight excluding hydrogens is 396 g/mol. The van der Waals surface area contributed by atoms with Gasteiger partial charge in [-0.1, -0.05) is 12.1 Å². The van der Waals surface area contributed by atoms with E-state index in [1.807, 2.05) is 24.3 Å². The molecule has 1 atom stereocenters. The van der Waals surface area contributed by atoms with Crippen molar-refractivity contribution in [2.45, 2.75) is 43.5 Å². The Morgan fingerprint density at radius 3 is 2.59 bits per heavy atom. The van der Waals surface area contributed by atoms with E-state index >= 15 is 0 Å². The fraction of sp³-hybridized carbons (Fsp3) is 0.381. The van der Waals surface area contributed by atoms with Gasteiger partial charge in [0.25, 0.3) is 0 Å². The number of hydrogen-bond donors (Lipinski definition) is 0. The van der Waals surface area contributed by atoms with Crippen molar-refractivity contribution in [2.24, 2.45) is 0 Å². The van der Waals surface area contributed by atoms with Crippen molar-refractivity contribution in [1.29, 1.82) is 0 Å². The molecule has 5 nitrogen and oxygen atoms in total. The van der Waals surface area contributed by atoms with E-state index in [2.05, 4.69) is 18.4 Å². The van der Waals surface area contributed by atoms with E-state index in [0.29, 0.717) is 13.0 Å². The highest BCUT2D eigenvalue weighted by molar-refractivity contribution is 7.89. The summed E-state index contributed by atoms with van der Waals surface area (Å²) in [5.74, 6) is -1.43. The first-order chi connectivity index (χ1) is 13.8. The number of rotatable bonds is 4. The number of halogens is 2. The molecule has 154 valence electrons. The lowest BCUT2D eigenvalue weighted by atomic mass is 9.98. The van der Waals surface area contributed by atoms with E-state index in [9.17, 15) is 17.2 Å². The fourth-order valence-corrected chi connectivity index (χ4v) is 5.59. The normalized spacial score (nSPS) is 18.6. The van der Waals surface area contributed by atoms with Gasteiger partial charge in [-0.25, -0.2) is 22.2 Å². The standard InChI is InChI=1S/C21H23F2N3O2S/c1-14(2)26-20-8-4-3-7-19(20)24-21(26)15-6-5-11-25(13-15)29(27,28)16-9-10-17(22)18(23)12-16/h3-4,7-10,12,14-15H,5-6,11,13H2,1-2H3. The van der Waals surface area contributed by atoms with Gasteiger partial charge < -0.3 is 4.57 Å². The molecule has 0 spiro atoms. The van der Waals surface area contributed by atoms with Crippen LogP contribution in [-0.4, -0.2) is 35.4 Å². The zero-order valence-electron chi connectivity index (χ0n) is 16.3. The summed E-state index contributed by atoms with van der Waals surface area (Å²) in [7, 11) is -3.92. The highest BCUT2D eigenvalue weighted by Gasteiger charge is 2.34. The first kappa shape index (κ1) is 20.0. The van der Waals surface area contributed by atoms with Crippen LogP contribution in [0.4, 0.5) is 8.78 Å². The number of aromatic nitrogens is 2. The summed E-state index contributed by atoms with van der Waals surface area (Å²) in [6, 6.07) is 10.8. The molecule has 0 amide bonds. The molecule has 2 heterocycles. The number of nitrogens with zero attached hydrogens (tertiary/aromatic N) is 3. The lowest BCUT2D eigenvalue weighted by Crippen LogP contribution is -2.39. The Morgan fingerprint density at radius 2 is 1.86 bits per heavy atom. The van der Waals surface area contributed by atoms with Crippen LogP contribution in [0.25, 0.3) is 11.0 Å². The lowest BCUT2D eigenvalue weighted by Gasteiger charge is -2.32. The van der Waals surface area contributed by atoms with Crippen molar-refractivity contribution in [1.82, 2.24) is 13.9 Å². The van der Waals surface area contributed by atoms with Gasteiger partial charge in [0.1, 0.15) is 5.82 Å². The summed E-state index contributed by atoms with van der Waals surface area (Å²) >= 11 is 0. The predicted octanol–water partition coefficient (Wildman–Crippen LogP) is 4.46. The number of piperidine rings is 1. The van der Waals surface area contributed by atoms with Gasteiger partial charge in [0, 0.05) is 25.0 Å². The Balaban J connectivity index is 1.69. The van der Waals surface area contributed by atoms with E-state index < -0.39 is 21.7 Å². The Labute approximate surface area is 169 Å². The maximum atomic E-state index is 13.6. The number of para-hydroxylation sites is 2. The first-order valence-corrected chi connectivity index (χ1v) is 11.1. The number of benzene rings is 2. The third kappa shape index (κ3) is 3.55. The molecule has 1 aliphatic rings. The quantitative estimate of drug-likeness (QED) is 0.627. The van der Waals surface area contributed by atoms with Gasteiger partial charge in [-0.3, -0.25) is 0 Å². The van der Waals surface area contributed by atoms with Crippen LogP contribution in [0.1, 0.15) is 44.5 Å². The molecule has 0 radical (unpaired) electrons. The van der Waals surface area contributed by atoms with Crippen LogP contribution in [0.3, 0.4) is 0 Å². The summed E-state index contributed by atoms with van der Waals surface area (Å²) in [5, 5.41) is 0. The van der Waals surface area contributed by atoms with Gasteiger partial charge in [0.2, 0.25) is 10.0 Å². The second-order valence-corrected chi connectivity index (χ2v) is 9.64. The summed E-state index contributed by atoms with van der Waals surface area (Å²) in [6.07, 6.45) is 1.49. The molecule has 0 aliphatic carbocycles. The third-order valence-electron chi connectivity index (χ3n) is 5.42. The van der Waals surface area contributed by atoms with Crippen molar-refractivity contribution < 1.29 is 17.2 Å². The average Bonchev–Trinajstić information content (AvgIpc) is 3.10. The smallest absolute Gasteiger partial charge is 0.243 e. The van der Waals surface area contributed by atoms with Gasteiger partial charge in [0.05, 0.1) is 15.9 Å². The van der Waals surface area contributed by atoms with E-state index in [-0.39, 0.29) is 23.4 Å². The largest absolute Gasteiger partial charge is 0.325 e. The molecular formula is C21H23F2N3O2S. The number of imidazole rings is 1. The topological polar surface area (TPSA) is 55.2 Å². The maximum Gasteiger partial charge on any atom is 0.243 e. The van der Waals surface area contributed by atoms with Gasteiger partial charge in [-0.15, -0.1) is 0 Å². The van der Waals surface area contributed by atoms with Gasteiger partial charge >= 0.3 is 0 Å². The molecule has 8 heteroatoms. The zero-order chi connectivity index (χ0) is 20.8. The fourth-order valence-electron chi connectivity index (χ4n) is 4.05. The molecule has 29 heavy (non-hydrogen) atoms. The predicted molar refractivity (Wildman–Crippen MR) is 107 cm³/mol. The SMILES string of the molecule is CC(C)n1c(C2CCCN(S(=O)(=O)c3ccc(F)c(F)c3)C2)nc2ccccc21. The van der Waals surface area contributed by atoms with Gasteiger partial charge in [-0.05, 0) is 57.0 Å². The third-order valence-corrected chi connectivity index (χ3v) is 7.28. The minimum absolute atomic E-state index is 0.0707. The number of sulfonamides is 1. The second-order valence-electron chi connectivity index (χ2n) is 7.70. The zero-order valence-corrected chi connectivity index (χ0v) is 17.2. The monoisotopic (exact) mass is 419 g/mol. The van der Waals surface area contributed by atoms with Gasteiger partial charge in [0.15, 0.2) is 11.6 Å². The maximum absolute atomic E-state index is 13.6. The van der Waals surface area contributed by atoms with Crippen LogP contribution in [-0.2, 0) is 10.0 Å². The Kier molecular flexibility index (Phi) is 5.16. The molecule has 1 saturated heterocycles. The van der Waals surface area contributed by atoms with Crippen molar-refractivity contribution >= 4 is 21.1 Å². The molecule has 1 unspecified atom stereocenters. The highest BCUT2D eigenvalue weighted by Crippen LogP contribution is 2.33. The van der Waals surface area contributed by atoms with Crippen molar-refractivity contribution in [3.8, 4) is 0 Å². The van der Waals surface area contributed by atoms with Crippen LogP contribution >= 0.6 is 0 Å². The minimum atomic E-state index is -3.92. The van der Waals surface area contributed by atoms with E-state index in [1.165, 1.54) is 4.31 Å². The summed E-state index contributed by atoms with van der Waals surface area (Å²) in [4.78, 5) is 4.58. The van der Waals surface area contributed by atoms with E-state index in [4.69, 9.17) is 4.98 Å². The Morgan fingerprint density at radius 1 is 1.10 bits per heavy atom. The lowest BCUT2D eigenvalue weighted by molar-refractivity contribution is 0.303.